The fourth-order valence-electron chi connectivity index (χ4n) is 2.79. The molecule has 0 spiro atoms. The monoisotopic (exact) mass is 314 g/mol. The van der Waals surface area contributed by atoms with Gasteiger partial charge in [-0.15, -0.1) is 0 Å². The molecule has 0 radical (unpaired) electrons. The Morgan fingerprint density at radius 2 is 1.95 bits per heavy atom. The first-order valence-electron chi connectivity index (χ1n) is 7.97. The van der Waals surface area contributed by atoms with Gasteiger partial charge in [-0.2, -0.15) is 0 Å². The van der Waals surface area contributed by atoms with E-state index in [4.69, 9.17) is 9.47 Å². The maximum atomic E-state index is 12.2. The van der Waals surface area contributed by atoms with E-state index in [1.807, 2.05) is 32.6 Å². The van der Waals surface area contributed by atoms with Crippen LogP contribution in [0.25, 0.3) is 0 Å². The zero-order valence-electron chi connectivity index (χ0n) is 14.6. The van der Waals surface area contributed by atoms with E-state index < -0.39 is 5.60 Å². The molecule has 6 heteroatoms. The molecule has 3 atom stereocenters. The SMILES string of the molecule is COC(=O)C(C)NC(C)CC1CCCN1C(=O)OC(C)(C)C. The van der Waals surface area contributed by atoms with Gasteiger partial charge in [0, 0.05) is 18.6 Å². The van der Waals surface area contributed by atoms with Crippen LogP contribution in [0.4, 0.5) is 4.79 Å². The number of nitrogens with zero attached hydrogens (tertiary/aromatic N) is 1. The molecular formula is C16H30N2O4. The van der Waals surface area contributed by atoms with Crippen LogP contribution in [0.5, 0.6) is 0 Å². The summed E-state index contributed by atoms with van der Waals surface area (Å²) in [5.74, 6) is -0.276. The Labute approximate surface area is 133 Å². The summed E-state index contributed by atoms with van der Waals surface area (Å²) in [6, 6.07) is -0.0827. The average Bonchev–Trinajstić information content (AvgIpc) is 2.83. The number of carbonyl (C=O) groups is 2. The zero-order valence-corrected chi connectivity index (χ0v) is 14.6. The molecule has 1 heterocycles. The molecule has 1 saturated heterocycles. The van der Waals surface area contributed by atoms with Crippen molar-refractivity contribution in [3.63, 3.8) is 0 Å². The summed E-state index contributed by atoms with van der Waals surface area (Å²) in [7, 11) is 1.38. The number of hydrogen-bond donors (Lipinski definition) is 1. The van der Waals surface area contributed by atoms with E-state index in [0.717, 1.165) is 25.8 Å². The second kappa shape index (κ2) is 7.81. The largest absolute Gasteiger partial charge is 0.468 e. The molecule has 0 aromatic heterocycles. The Bertz CT molecular complexity index is 392. The van der Waals surface area contributed by atoms with Crippen LogP contribution in [-0.2, 0) is 14.3 Å². The van der Waals surface area contributed by atoms with Crippen LogP contribution in [0.1, 0.15) is 53.9 Å². The quantitative estimate of drug-likeness (QED) is 0.789. The van der Waals surface area contributed by atoms with Crippen molar-refractivity contribution in [2.24, 2.45) is 0 Å². The number of nitrogens with one attached hydrogen (secondary N) is 1. The van der Waals surface area contributed by atoms with Crippen LogP contribution in [0, 0.1) is 0 Å². The number of methoxy groups -OCH3 is 1. The normalized spacial score (nSPS) is 21.4. The lowest BCUT2D eigenvalue weighted by Crippen LogP contribution is -2.45. The van der Waals surface area contributed by atoms with E-state index in [0.29, 0.717) is 0 Å². The maximum Gasteiger partial charge on any atom is 0.410 e. The fraction of sp³-hybridized carbons (Fsp3) is 0.875. The predicted octanol–water partition coefficient (Wildman–Crippen LogP) is 2.32. The minimum absolute atomic E-state index is 0.113. The maximum absolute atomic E-state index is 12.2. The van der Waals surface area contributed by atoms with E-state index in [9.17, 15) is 9.59 Å². The summed E-state index contributed by atoms with van der Waals surface area (Å²) in [4.78, 5) is 25.5. The second-order valence-corrected chi connectivity index (χ2v) is 7.02. The van der Waals surface area contributed by atoms with E-state index in [1.165, 1.54) is 7.11 Å². The molecule has 1 aliphatic heterocycles. The molecule has 128 valence electrons. The smallest absolute Gasteiger partial charge is 0.410 e. The average molecular weight is 314 g/mol. The number of ether oxygens (including phenoxy) is 2. The van der Waals surface area contributed by atoms with E-state index in [1.54, 1.807) is 6.92 Å². The van der Waals surface area contributed by atoms with Crippen molar-refractivity contribution < 1.29 is 19.1 Å². The van der Waals surface area contributed by atoms with Crippen molar-refractivity contribution in [1.82, 2.24) is 10.2 Å². The van der Waals surface area contributed by atoms with Crippen LogP contribution in [0.15, 0.2) is 0 Å². The third kappa shape index (κ3) is 5.83. The molecule has 1 rings (SSSR count). The molecule has 3 unspecified atom stereocenters. The number of rotatable bonds is 5. The number of carbonyl (C=O) groups excluding carboxylic acids is 2. The summed E-state index contributed by atoms with van der Waals surface area (Å²) in [6.45, 7) is 10.2. The molecule has 0 aliphatic carbocycles. The van der Waals surface area contributed by atoms with Crippen LogP contribution < -0.4 is 5.32 Å². The molecule has 0 aromatic rings. The summed E-state index contributed by atoms with van der Waals surface area (Å²) >= 11 is 0. The van der Waals surface area contributed by atoms with Gasteiger partial charge in [-0.25, -0.2) is 4.79 Å². The van der Waals surface area contributed by atoms with Gasteiger partial charge in [0.1, 0.15) is 11.6 Å². The molecule has 0 saturated carbocycles. The Kier molecular flexibility index (Phi) is 6.66. The lowest BCUT2D eigenvalue weighted by Gasteiger charge is -2.30. The molecule has 1 fully saturated rings. The van der Waals surface area contributed by atoms with Gasteiger partial charge in [0.25, 0.3) is 0 Å². The molecule has 0 aromatic carbocycles. The van der Waals surface area contributed by atoms with Crippen molar-refractivity contribution in [3.8, 4) is 0 Å². The summed E-state index contributed by atoms with van der Waals surface area (Å²) in [6.07, 6.45) is 2.50. The van der Waals surface area contributed by atoms with Crippen LogP contribution in [0.2, 0.25) is 0 Å². The summed E-state index contributed by atoms with van der Waals surface area (Å²) < 4.78 is 10.2. The molecule has 6 nitrogen and oxygen atoms in total. The van der Waals surface area contributed by atoms with Gasteiger partial charge in [-0.05, 0) is 53.9 Å². The van der Waals surface area contributed by atoms with Crippen molar-refractivity contribution in [3.05, 3.63) is 0 Å². The van der Waals surface area contributed by atoms with Gasteiger partial charge in [0.05, 0.1) is 7.11 Å². The minimum Gasteiger partial charge on any atom is -0.468 e. The molecule has 1 amide bonds. The Hall–Kier alpha value is -1.30. The first kappa shape index (κ1) is 18.7. The summed E-state index contributed by atoms with van der Waals surface area (Å²) in [5.41, 5.74) is -0.479. The van der Waals surface area contributed by atoms with Crippen molar-refractivity contribution in [1.29, 1.82) is 0 Å². The Balaban J connectivity index is 2.53. The van der Waals surface area contributed by atoms with Crippen molar-refractivity contribution in [2.45, 2.75) is 77.6 Å². The van der Waals surface area contributed by atoms with E-state index >= 15 is 0 Å². The van der Waals surface area contributed by atoms with E-state index in [-0.39, 0.29) is 30.2 Å². The minimum atomic E-state index is -0.479. The van der Waals surface area contributed by atoms with E-state index in [2.05, 4.69) is 5.32 Å². The molecule has 22 heavy (non-hydrogen) atoms. The van der Waals surface area contributed by atoms with Gasteiger partial charge in [0.15, 0.2) is 0 Å². The molecule has 1 aliphatic rings. The zero-order chi connectivity index (χ0) is 16.9. The molecule has 0 bridgehead atoms. The van der Waals surface area contributed by atoms with Gasteiger partial charge >= 0.3 is 12.1 Å². The number of hydrogen-bond acceptors (Lipinski definition) is 5. The van der Waals surface area contributed by atoms with Crippen molar-refractivity contribution >= 4 is 12.1 Å². The van der Waals surface area contributed by atoms with Gasteiger partial charge in [-0.1, -0.05) is 0 Å². The number of likely N-dealkylation sites (tertiary alicyclic amines) is 1. The topological polar surface area (TPSA) is 67.9 Å². The van der Waals surface area contributed by atoms with Crippen LogP contribution in [-0.4, -0.2) is 54.3 Å². The third-order valence-electron chi connectivity index (χ3n) is 3.72. The fourth-order valence-corrected chi connectivity index (χ4v) is 2.79. The third-order valence-corrected chi connectivity index (χ3v) is 3.72. The molecule has 1 N–H and O–H groups in total. The second-order valence-electron chi connectivity index (χ2n) is 7.02. The summed E-state index contributed by atoms with van der Waals surface area (Å²) in [5, 5.41) is 3.21. The molecular weight excluding hydrogens is 284 g/mol. The highest BCUT2D eigenvalue weighted by molar-refractivity contribution is 5.75. The first-order chi connectivity index (χ1) is 10.1. The predicted molar refractivity (Wildman–Crippen MR) is 84.7 cm³/mol. The lowest BCUT2D eigenvalue weighted by molar-refractivity contribution is -0.142. The number of esters is 1. The Morgan fingerprint density at radius 1 is 1.32 bits per heavy atom. The van der Waals surface area contributed by atoms with Crippen LogP contribution in [0.3, 0.4) is 0 Å². The highest BCUT2D eigenvalue weighted by Crippen LogP contribution is 2.24. The Morgan fingerprint density at radius 3 is 2.50 bits per heavy atom. The van der Waals surface area contributed by atoms with Crippen molar-refractivity contribution in [2.75, 3.05) is 13.7 Å². The standard InChI is InChI=1S/C16H30N2O4/c1-11(17-12(2)14(19)21-6)10-13-8-7-9-18(13)15(20)22-16(3,4)5/h11-13,17H,7-10H2,1-6H3. The van der Waals surface area contributed by atoms with Gasteiger partial charge < -0.3 is 19.7 Å². The first-order valence-corrected chi connectivity index (χ1v) is 7.97. The highest BCUT2D eigenvalue weighted by Gasteiger charge is 2.33. The highest BCUT2D eigenvalue weighted by atomic mass is 16.6. The number of amides is 1. The lowest BCUT2D eigenvalue weighted by atomic mass is 10.1. The van der Waals surface area contributed by atoms with Gasteiger partial charge in [-0.3, -0.25) is 4.79 Å². The van der Waals surface area contributed by atoms with Gasteiger partial charge in [0.2, 0.25) is 0 Å². The van der Waals surface area contributed by atoms with Crippen LogP contribution >= 0.6 is 0 Å².